The van der Waals surface area contributed by atoms with Crippen molar-refractivity contribution < 1.29 is 17.9 Å². The summed E-state index contributed by atoms with van der Waals surface area (Å²) in [7, 11) is -3.50. The summed E-state index contributed by atoms with van der Waals surface area (Å²) >= 11 is 1.18. The maximum atomic E-state index is 12.1. The van der Waals surface area contributed by atoms with Crippen molar-refractivity contribution >= 4 is 27.0 Å². The molecule has 3 rings (SSSR count). The first-order valence-corrected chi connectivity index (χ1v) is 8.41. The first-order valence-electron chi connectivity index (χ1n) is 6.05. The minimum Gasteiger partial charge on any atom is -0.346 e. The lowest BCUT2D eigenvalue weighted by Gasteiger charge is -2.11. The zero-order valence-electron chi connectivity index (χ0n) is 10.5. The van der Waals surface area contributed by atoms with Crippen LogP contribution in [0.15, 0.2) is 46.0 Å². The van der Waals surface area contributed by atoms with Crippen LogP contribution in [0, 0.1) is 0 Å². The molecule has 1 aliphatic rings. The largest absolute Gasteiger partial charge is 0.346 e. The summed E-state index contributed by atoms with van der Waals surface area (Å²) < 4.78 is 37.7. The van der Waals surface area contributed by atoms with Crippen LogP contribution in [0.4, 0.5) is 5.69 Å². The fourth-order valence-electron chi connectivity index (χ4n) is 1.88. The predicted octanol–water partition coefficient (Wildman–Crippen LogP) is 2.59. The Bertz CT molecular complexity index is 659. The molecule has 0 aliphatic carbocycles. The quantitative estimate of drug-likeness (QED) is 0.942. The Labute approximate surface area is 121 Å². The molecule has 0 radical (unpaired) electrons. The topological polar surface area (TPSA) is 64.6 Å². The van der Waals surface area contributed by atoms with Crippen molar-refractivity contribution in [3.8, 4) is 0 Å². The van der Waals surface area contributed by atoms with Crippen molar-refractivity contribution in [2.45, 2.75) is 10.5 Å². The number of hydrogen-bond acceptors (Lipinski definition) is 5. The van der Waals surface area contributed by atoms with Gasteiger partial charge in [0.2, 0.25) is 0 Å². The minimum atomic E-state index is -3.50. The number of rotatable bonds is 4. The van der Waals surface area contributed by atoms with Gasteiger partial charge in [-0.05, 0) is 23.6 Å². The van der Waals surface area contributed by atoms with E-state index in [-0.39, 0.29) is 6.29 Å². The zero-order chi connectivity index (χ0) is 14.0. The fraction of sp³-hybridized carbons (Fsp3) is 0.231. The molecule has 2 aromatic rings. The van der Waals surface area contributed by atoms with Gasteiger partial charge in [0.15, 0.2) is 6.29 Å². The van der Waals surface area contributed by atoms with E-state index in [4.69, 9.17) is 9.47 Å². The van der Waals surface area contributed by atoms with E-state index in [9.17, 15) is 8.42 Å². The van der Waals surface area contributed by atoms with E-state index in [0.29, 0.717) is 23.1 Å². The minimum absolute atomic E-state index is 0.295. The first kappa shape index (κ1) is 13.6. The summed E-state index contributed by atoms with van der Waals surface area (Å²) in [5.41, 5.74) is 1.39. The van der Waals surface area contributed by atoms with Crippen molar-refractivity contribution in [2.75, 3.05) is 17.9 Å². The van der Waals surface area contributed by atoms with Gasteiger partial charge in [-0.15, -0.1) is 11.3 Å². The van der Waals surface area contributed by atoms with Gasteiger partial charge in [-0.25, -0.2) is 8.42 Å². The molecule has 0 spiro atoms. The number of benzene rings is 1. The molecule has 106 valence electrons. The van der Waals surface area contributed by atoms with Crippen LogP contribution in [0.3, 0.4) is 0 Å². The molecule has 0 unspecified atom stereocenters. The lowest BCUT2D eigenvalue weighted by Crippen LogP contribution is -2.11. The SMILES string of the molecule is O=S(=O)(Nc1ccc(C2OCCO2)cc1)c1cccs1. The lowest BCUT2D eigenvalue weighted by atomic mass is 10.2. The van der Waals surface area contributed by atoms with E-state index < -0.39 is 10.0 Å². The third-order valence-corrected chi connectivity index (χ3v) is 5.60. The van der Waals surface area contributed by atoms with Gasteiger partial charge in [-0.3, -0.25) is 4.72 Å². The van der Waals surface area contributed by atoms with Crippen LogP contribution in [0.5, 0.6) is 0 Å². The van der Waals surface area contributed by atoms with Crippen LogP contribution in [0.2, 0.25) is 0 Å². The highest BCUT2D eigenvalue weighted by atomic mass is 32.2. The summed E-state index contributed by atoms with van der Waals surface area (Å²) in [6.07, 6.45) is -0.349. The van der Waals surface area contributed by atoms with Crippen LogP contribution < -0.4 is 4.72 Å². The van der Waals surface area contributed by atoms with Crippen molar-refractivity contribution in [1.29, 1.82) is 0 Å². The second-order valence-corrected chi connectivity index (χ2v) is 7.09. The average Bonchev–Trinajstić information content (AvgIpc) is 3.13. The molecule has 0 saturated carbocycles. The number of thiophene rings is 1. The maximum Gasteiger partial charge on any atom is 0.271 e. The van der Waals surface area contributed by atoms with Gasteiger partial charge in [0, 0.05) is 11.3 Å². The van der Waals surface area contributed by atoms with E-state index >= 15 is 0 Å². The van der Waals surface area contributed by atoms with Crippen molar-refractivity contribution in [3.63, 3.8) is 0 Å². The molecule has 0 amide bonds. The molecule has 7 heteroatoms. The lowest BCUT2D eigenvalue weighted by molar-refractivity contribution is -0.0441. The second kappa shape index (κ2) is 5.53. The standard InChI is InChI=1S/C13H13NO4S2/c15-20(16,12-2-1-9-19-12)14-11-5-3-10(4-6-11)13-17-7-8-18-13/h1-6,9,13-14H,7-8H2. The maximum absolute atomic E-state index is 12.1. The summed E-state index contributed by atoms with van der Waals surface area (Å²) in [6, 6.07) is 10.3. The normalized spacial score (nSPS) is 16.4. The molecule has 1 saturated heterocycles. The Morgan fingerprint density at radius 2 is 1.80 bits per heavy atom. The second-order valence-electron chi connectivity index (χ2n) is 4.23. The Balaban J connectivity index is 1.75. The molecule has 1 aromatic carbocycles. The van der Waals surface area contributed by atoms with Crippen molar-refractivity contribution in [3.05, 3.63) is 47.3 Å². The summed E-state index contributed by atoms with van der Waals surface area (Å²) in [5, 5.41) is 1.73. The molecule has 5 nitrogen and oxygen atoms in total. The smallest absolute Gasteiger partial charge is 0.271 e. The summed E-state index contributed by atoms with van der Waals surface area (Å²) in [6.45, 7) is 1.16. The average molecular weight is 311 g/mol. The van der Waals surface area contributed by atoms with E-state index in [2.05, 4.69) is 4.72 Å². The monoisotopic (exact) mass is 311 g/mol. The third-order valence-electron chi connectivity index (χ3n) is 2.82. The van der Waals surface area contributed by atoms with Gasteiger partial charge in [0.05, 0.1) is 13.2 Å². The van der Waals surface area contributed by atoms with Gasteiger partial charge in [0.1, 0.15) is 4.21 Å². The highest BCUT2D eigenvalue weighted by Crippen LogP contribution is 2.25. The van der Waals surface area contributed by atoms with Crippen molar-refractivity contribution in [2.24, 2.45) is 0 Å². The predicted molar refractivity (Wildman–Crippen MR) is 76.2 cm³/mol. The number of hydrogen-bond donors (Lipinski definition) is 1. The number of nitrogens with one attached hydrogen (secondary N) is 1. The summed E-state index contributed by atoms with van der Waals surface area (Å²) in [4.78, 5) is 0. The molecule has 0 atom stereocenters. The van der Waals surface area contributed by atoms with E-state index in [1.807, 2.05) is 0 Å². The summed E-state index contributed by atoms with van der Waals surface area (Å²) in [5.74, 6) is 0. The number of sulfonamides is 1. The van der Waals surface area contributed by atoms with Gasteiger partial charge in [-0.2, -0.15) is 0 Å². The molecule has 20 heavy (non-hydrogen) atoms. The molecule has 2 heterocycles. The van der Waals surface area contributed by atoms with Crippen LogP contribution >= 0.6 is 11.3 Å². The third kappa shape index (κ3) is 2.85. The van der Waals surface area contributed by atoms with Crippen LogP contribution in [-0.2, 0) is 19.5 Å². The van der Waals surface area contributed by atoms with Crippen LogP contribution in [-0.4, -0.2) is 21.6 Å². The zero-order valence-corrected chi connectivity index (χ0v) is 12.1. The Morgan fingerprint density at radius 1 is 1.10 bits per heavy atom. The molecular weight excluding hydrogens is 298 g/mol. The number of ether oxygens (including phenoxy) is 2. The Morgan fingerprint density at radius 3 is 2.40 bits per heavy atom. The van der Waals surface area contributed by atoms with Gasteiger partial charge < -0.3 is 9.47 Å². The first-order chi connectivity index (χ1) is 9.65. The van der Waals surface area contributed by atoms with Crippen LogP contribution in [0.25, 0.3) is 0 Å². The highest BCUT2D eigenvalue weighted by Gasteiger charge is 2.19. The highest BCUT2D eigenvalue weighted by molar-refractivity contribution is 7.94. The molecule has 0 bridgehead atoms. The molecule has 1 aromatic heterocycles. The number of anilines is 1. The Kier molecular flexibility index (Phi) is 3.75. The Hall–Kier alpha value is -1.41. The van der Waals surface area contributed by atoms with E-state index in [0.717, 1.165) is 5.56 Å². The van der Waals surface area contributed by atoms with E-state index in [1.165, 1.54) is 11.3 Å². The van der Waals surface area contributed by atoms with Gasteiger partial charge in [0.25, 0.3) is 10.0 Å². The molecular formula is C13H13NO4S2. The molecule has 1 fully saturated rings. The molecule has 1 N–H and O–H groups in total. The van der Waals surface area contributed by atoms with Gasteiger partial charge >= 0.3 is 0 Å². The van der Waals surface area contributed by atoms with E-state index in [1.54, 1.807) is 41.8 Å². The fourth-order valence-corrected chi connectivity index (χ4v) is 3.93. The molecule has 1 aliphatic heterocycles. The van der Waals surface area contributed by atoms with Gasteiger partial charge in [-0.1, -0.05) is 18.2 Å². The van der Waals surface area contributed by atoms with Crippen molar-refractivity contribution in [1.82, 2.24) is 0 Å². The van der Waals surface area contributed by atoms with Crippen LogP contribution in [0.1, 0.15) is 11.9 Å².